The SMILES string of the molecule is CC(NC1CCCC(C)C1C)C(=O)Nc1cccc(C#N)c1. The molecule has 1 fully saturated rings. The monoisotopic (exact) mass is 299 g/mol. The van der Waals surface area contributed by atoms with Crippen LogP contribution in [0.15, 0.2) is 24.3 Å². The first kappa shape index (κ1) is 16.5. The molecule has 1 amide bonds. The molecule has 0 bridgehead atoms. The molecule has 4 unspecified atom stereocenters. The summed E-state index contributed by atoms with van der Waals surface area (Å²) in [4.78, 5) is 12.3. The average molecular weight is 299 g/mol. The molecule has 0 spiro atoms. The van der Waals surface area contributed by atoms with Gasteiger partial charge in [0.1, 0.15) is 0 Å². The fraction of sp³-hybridized carbons (Fsp3) is 0.556. The minimum absolute atomic E-state index is 0.0551. The average Bonchev–Trinajstić information content (AvgIpc) is 2.52. The van der Waals surface area contributed by atoms with Gasteiger partial charge in [-0.25, -0.2) is 0 Å². The Kier molecular flexibility index (Phi) is 5.57. The van der Waals surface area contributed by atoms with Gasteiger partial charge in [-0.15, -0.1) is 0 Å². The van der Waals surface area contributed by atoms with Crippen molar-refractivity contribution in [3.63, 3.8) is 0 Å². The quantitative estimate of drug-likeness (QED) is 0.896. The number of hydrogen-bond donors (Lipinski definition) is 2. The van der Waals surface area contributed by atoms with Gasteiger partial charge in [0, 0.05) is 11.7 Å². The predicted molar refractivity (Wildman–Crippen MR) is 88.4 cm³/mol. The molecule has 0 radical (unpaired) electrons. The summed E-state index contributed by atoms with van der Waals surface area (Å²) >= 11 is 0. The normalized spacial score (nSPS) is 26.0. The number of anilines is 1. The minimum atomic E-state index is -0.247. The van der Waals surface area contributed by atoms with E-state index in [1.54, 1.807) is 24.3 Å². The van der Waals surface area contributed by atoms with E-state index >= 15 is 0 Å². The molecule has 0 aliphatic heterocycles. The molecule has 1 aromatic rings. The first-order chi connectivity index (χ1) is 10.5. The summed E-state index contributed by atoms with van der Waals surface area (Å²) in [7, 11) is 0. The van der Waals surface area contributed by atoms with Gasteiger partial charge in [-0.05, 0) is 43.4 Å². The van der Waals surface area contributed by atoms with Crippen LogP contribution in [0.3, 0.4) is 0 Å². The lowest BCUT2D eigenvalue weighted by molar-refractivity contribution is -0.118. The highest BCUT2D eigenvalue weighted by molar-refractivity contribution is 5.94. The third-order valence-corrected chi connectivity index (χ3v) is 4.82. The van der Waals surface area contributed by atoms with Crippen molar-refractivity contribution in [2.75, 3.05) is 5.32 Å². The van der Waals surface area contributed by atoms with Crippen molar-refractivity contribution in [3.8, 4) is 6.07 Å². The van der Waals surface area contributed by atoms with Crippen LogP contribution in [0.4, 0.5) is 5.69 Å². The smallest absolute Gasteiger partial charge is 0.241 e. The lowest BCUT2D eigenvalue weighted by atomic mass is 9.78. The highest BCUT2D eigenvalue weighted by Gasteiger charge is 2.29. The maximum atomic E-state index is 12.3. The van der Waals surface area contributed by atoms with Crippen LogP contribution in [0.2, 0.25) is 0 Å². The number of amides is 1. The summed E-state index contributed by atoms with van der Waals surface area (Å²) < 4.78 is 0. The predicted octanol–water partition coefficient (Wildman–Crippen LogP) is 3.30. The Hall–Kier alpha value is -1.86. The summed E-state index contributed by atoms with van der Waals surface area (Å²) in [5, 5.41) is 15.3. The van der Waals surface area contributed by atoms with Gasteiger partial charge >= 0.3 is 0 Å². The van der Waals surface area contributed by atoms with Gasteiger partial charge in [0.05, 0.1) is 17.7 Å². The molecule has 1 aliphatic rings. The zero-order valence-electron chi connectivity index (χ0n) is 13.6. The van der Waals surface area contributed by atoms with Crippen molar-refractivity contribution in [3.05, 3.63) is 29.8 Å². The molecule has 2 N–H and O–H groups in total. The van der Waals surface area contributed by atoms with Gasteiger partial charge in [-0.2, -0.15) is 5.26 Å². The van der Waals surface area contributed by atoms with E-state index in [1.807, 2.05) is 6.92 Å². The zero-order valence-corrected chi connectivity index (χ0v) is 13.6. The topological polar surface area (TPSA) is 64.9 Å². The van der Waals surface area contributed by atoms with Crippen LogP contribution in [0, 0.1) is 23.2 Å². The number of benzene rings is 1. The third-order valence-electron chi connectivity index (χ3n) is 4.82. The van der Waals surface area contributed by atoms with Gasteiger partial charge < -0.3 is 10.6 Å². The number of nitrogens with one attached hydrogen (secondary N) is 2. The number of carbonyl (C=O) groups is 1. The summed E-state index contributed by atoms with van der Waals surface area (Å²) in [6.45, 7) is 6.45. The molecule has 4 nitrogen and oxygen atoms in total. The largest absolute Gasteiger partial charge is 0.325 e. The van der Waals surface area contributed by atoms with E-state index in [9.17, 15) is 4.79 Å². The third kappa shape index (κ3) is 4.08. The number of nitriles is 1. The van der Waals surface area contributed by atoms with Gasteiger partial charge in [0.25, 0.3) is 0 Å². The molecule has 0 aromatic heterocycles. The van der Waals surface area contributed by atoms with Crippen molar-refractivity contribution < 1.29 is 4.79 Å². The number of nitrogens with zero attached hydrogens (tertiary/aromatic N) is 1. The molecule has 1 aromatic carbocycles. The Balaban J connectivity index is 1.93. The van der Waals surface area contributed by atoms with Crippen LogP contribution in [0.25, 0.3) is 0 Å². The number of carbonyl (C=O) groups excluding carboxylic acids is 1. The van der Waals surface area contributed by atoms with E-state index in [0.717, 1.165) is 6.42 Å². The second-order valence-electron chi connectivity index (χ2n) is 6.44. The molecular formula is C18H25N3O. The van der Waals surface area contributed by atoms with E-state index in [1.165, 1.54) is 12.8 Å². The van der Waals surface area contributed by atoms with Crippen molar-refractivity contribution in [2.24, 2.45) is 11.8 Å². The van der Waals surface area contributed by atoms with Crippen LogP contribution < -0.4 is 10.6 Å². The summed E-state index contributed by atoms with van der Waals surface area (Å²) in [5.41, 5.74) is 1.22. The molecule has 4 heteroatoms. The number of rotatable bonds is 4. The molecule has 1 saturated carbocycles. The first-order valence-electron chi connectivity index (χ1n) is 8.08. The highest BCUT2D eigenvalue weighted by Crippen LogP contribution is 2.29. The lowest BCUT2D eigenvalue weighted by Crippen LogP contribution is -2.49. The fourth-order valence-electron chi connectivity index (χ4n) is 3.13. The van der Waals surface area contributed by atoms with Crippen molar-refractivity contribution in [2.45, 2.75) is 52.1 Å². The van der Waals surface area contributed by atoms with Gasteiger partial charge in [0.2, 0.25) is 5.91 Å². The standard InChI is InChI=1S/C18H25N3O/c1-12-6-4-9-17(13(12)2)20-14(3)18(22)21-16-8-5-7-15(10-16)11-19/h5,7-8,10,12-14,17,20H,4,6,9H2,1-3H3,(H,21,22). The lowest BCUT2D eigenvalue weighted by Gasteiger charge is -2.36. The van der Waals surface area contributed by atoms with Crippen LogP contribution in [0.1, 0.15) is 45.6 Å². The molecule has 2 rings (SSSR count). The van der Waals surface area contributed by atoms with Gasteiger partial charge in [0.15, 0.2) is 0 Å². The first-order valence-corrected chi connectivity index (χ1v) is 8.08. The Labute approximate surface area is 132 Å². The maximum Gasteiger partial charge on any atom is 0.241 e. The second kappa shape index (κ2) is 7.42. The number of hydrogen-bond acceptors (Lipinski definition) is 3. The van der Waals surface area contributed by atoms with E-state index in [2.05, 4.69) is 30.6 Å². The molecule has 1 aliphatic carbocycles. The fourth-order valence-corrected chi connectivity index (χ4v) is 3.13. The van der Waals surface area contributed by atoms with Crippen LogP contribution in [-0.4, -0.2) is 18.0 Å². The van der Waals surface area contributed by atoms with Crippen molar-refractivity contribution in [1.29, 1.82) is 5.26 Å². The van der Waals surface area contributed by atoms with E-state index in [4.69, 9.17) is 5.26 Å². The molecule has 0 saturated heterocycles. The van der Waals surface area contributed by atoms with E-state index in [-0.39, 0.29) is 11.9 Å². The van der Waals surface area contributed by atoms with Crippen molar-refractivity contribution in [1.82, 2.24) is 5.32 Å². The van der Waals surface area contributed by atoms with E-state index < -0.39 is 0 Å². The molecule has 4 atom stereocenters. The van der Waals surface area contributed by atoms with Crippen LogP contribution >= 0.6 is 0 Å². The van der Waals surface area contributed by atoms with Crippen molar-refractivity contribution >= 4 is 11.6 Å². The Morgan fingerprint density at radius 1 is 1.36 bits per heavy atom. The Morgan fingerprint density at radius 2 is 2.14 bits per heavy atom. The molecule has 118 valence electrons. The molecule has 0 heterocycles. The second-order valence-corrected chi connectivity index (χ2v) is 6.44. The van der Waals surface area contributed by atoms with Gasteiger partial charge in [-0.3, -0.25) is 4.79 Å². The Bertz CT molecular complexity index is 564. The summed E-state index contributed by atoms with van der Waals surface area (Å²) in [6.07, 6.45) is 3.63. The van der Waals surface area contributed by atoms with Gasteiger partial charge in [-0.1, -0.05) is 32.8 Å². The Morgan fingerprint density at radius 3 is 2.86 bits per heavy atom. The highest BCUT2D eigenvalue weighted by atomic mass is 16.2. The van der Waals surface area contributed by atoms with E-state index in [0.29, 0.717) is 29.1 Å². The van der Waals surface area contributed by atoms with Crippen LogP contribution in [0.5, 0.6) is 0 Å². The summed E-state index contributed by atoms with van der Waals surface area (Å²) in [6, 6.07) is 9.22. The molecular weight excluding hydrogens is 274 g/mol. The zero-order chi connectivity index (χ0) is 16.1. The maximum absolute atomic E-state index is 12.3. The minimum Gasteiger partial charge on any atom is -0.325 e. The molecule has 22 heavy (non-hydrogen) atoms. The van der Waals surface area contributed by atoms with Crippen LogP contribution in [-0.2, 0) is 4.79 Å². The summed E-state index contributed by atoms with van der Waals surface area (Å²) in [5.74, 6) is 1.24.